The van der Waals surface area contributed by atoms with E-state index in [0.29, 0.717) is 29.5 Å². The fourth-order valence-electron chi connectivity index (χ4n) is 2.96. The maximum Gasteiger partial charge on any atom is 0.271 e. The molecule has 0 saturated heterocycles. The molecule has 0 spiro atoms. The molecule has 0 aliphatic rings. The van der Waals surface area contributed by atoms with Gasteiger partial charge in [0.15, 0.2) is 0 Å². The van der Waals surface area contributed by atoms with E-state index >= 15 is 0 Å². The average Bonchev–Trinajstić information content (AvgIpc) is 2.75. The van der Waals surface area contributed by atoms with Gasteiger partial charge in [-0.15, -0.1) is 0 Å². The molecule has 0 bridgehead atoms. The highest BCUT2D eigenvalue weighted by molar-refractivity contribution is 6.30. The summed E-state index contributed by atoms with van der Waals surface area (Å²) in [5, 5.41) is 4.53. The lowest BCUT2D eigenvalue weighted by Gasteiger charge is -2.11. The van der Waals surface area contributed by atoms with E-state index in [1.165, 1.54) is 5.56 Å². The van der Waals surface area contributed by atoms with Gasteiger partial charge in [0, 0.05) is 22.6 Å². The van der Waals surface area contributed by atoms with Gasteiger partial charge in [-0.2, -0.15) is 5.10 Å². The van der Waals surface area contributed by atoms with E-state index in [-0.39, 0.29) is 5.91 Å². The van der Waals surface area contributed by atoms with Gasteiger partial charge in [-0.3, -0.25) is 4.79 Å². The van der Waals surface area contributed by atoms with Crippen molar-refractivity contribution in [1.29, 1.82) is 0 Å². The van der Waals surface area contributed by atoms with Gasteiger partial charge in [0.2, 0.25) is 0 Å². The van der Waals surface area contributed by atoms with Crippen LogP contribution in [0.1, 0.15) is 33.5 Å². The Morgan fingerprint density at radius 3 is 2.52 bits per heavy atom. The van der Waals surface area contributed by atoms with E-state index in [2.05, 4.69) is 23.5 Å². The molecule has 0 aromatic heterocycles. The molecular weight excluding hydrogens is 412 g/mol. The van der Waals surface area contributed by atoms with Crippen LogP contribution in [0.4, 0.5) is 0 Å². The number of nitrogens with zero attached hydrogens (tertiary/aromatic N) is 1. The smallest absolute Gasteiger partial charge is 0.271 e. The monoisotopic (exact) mass is 436 g/mol. The highest BCUT2D eigenvalue weighted by Crippen LogP contribution is 2.19. The van der Waals surface area contributed by atoms with Gasteiger partial charge < -0.3 is 9.47 Å². The summed E-state index contributed by atoms with van der Waals surface area (Å²) in [4.78, 5) is 12.1. The summed E-state index contributed by atoms with van der Waals surface area (Å²) < 4.78 is 11.7. The Kier molecular flexibility index (Phi) is 8.07. The van der Waals surface area contributed by atoms with E-state index in [1.807, 2.05) is 43.3 Å². The Hall–Kier alpha value is -3.31. The molecule has 6 heteroatoms. The van der Waals surface area contributed by atoms with Gasteiger partial charge in [0.1, 0.15) is 11.5 Å². The van der Waals surface area contributed by atoms with Crippen LogP contribution in [-0.2, 0) is 0 Å². The van der Waals surface area contributed by atoms with Crippen molar-refractivity contribution < 1.29 is 14.3 Å². The molecule has 0 atom stereocenters. The number of hydrazone groups is 1. The third kappa shape index (κ3) is 6.86. The minimum Gasteiger partial charge on any atom is -0.493 e. The van der Waals surface area contributed by atoms with Crippen molar-refractivity contribution in [3.8, 4) is 11.5 Å². The Balaban J connectivity index is 1.48. The maximum absolute atomic E-state index is 12.1. The predicted octanol–water partition coefficient (Wildman–Crippen LogP) is 5.57. The van der Waals surface area contributed by atoms with Crippen LogP contribution in [0.3, 0.4) is 0 Å². The van der Waals surface area contributed by atoms with Crippen LogP contribution in [0, 0.1) is 13.8 Å². The first-order valence-corrected chi connectivity index (χ1v) is 10.4. The summed E-state index contributed by atoms with van der Waals surface area (Å²) in [6, 6.07) is 20.3. The van der Waals surface area contributed by atoms with Gasteiger partial charge in [-0.05, 0) is 55.8 Å². The van der Waals surface area contributed by atoms with Crippen molar-refractivity contribution in [2.75, 3.05) is 13.2 Å². The third-order valence-electron chi connectivity index (χ3n) is 4.51. The van der Waals surface area contributed by atoms with E-state index in [0.717, 1.165) is 23.3 Å². The second-order valence-electron chi connectivity index (χ2n) is 7.07. The summed E-state index contributed by atoms with van der Waals surface area (Å²) in [6.07, 6.45) is 2.30. The summed E-state index contributed by atoms with van der Waals surface area (Å²) in [5.74, 6) is 1.25. The van der Waals surface area contributed by atoms with Crippen LogP contribution in [-0.4, -0.2) is 25.3 Å². The number of ether oxygens (including phenoxy) is 2. The zero-order chi connectivity index (χ0) is 22.1. The summed E-state index contributed by atoms with van der Waals surface area (Å²) in [5.41, 5.74) is 6.06. The van der Waals surface area contributed by atoms with Crippen LogP contribution in [0.5, 0.6) is 11.5 Å². The number of rotatable bonds is 9. The lowest BCUT2D eigenvalue weighted by molar-refractivity contribution is 0.0955. The van der Waals surface area contributed by atoms with Crippen molar-refractivity contribution in [2.24, 2.45) is 5.10 Å². The number of amides is 1. The number of nitrogens with one attached hydrogen (secondary N) is 1. The first-order valence-electron chi connectivity index (χ1n) is 10.0. The van der Waals surface area contributed by atoms with Gasteiger partial charge >= 0.3 is 0 Å². The van der Waals surface area contributed by atoms with E-state index < -0.39 is 0 Å². The zero-order valence-corrected chi connectivity index (χ0v) is 18.4. The highest BCUT2D eigenvalue weighted by atomic mass is 35.5. The van der Waals surface area contributed by atoms with Gasteiger partial charge in [0.25, 0.3) is 5.91 Å². The van der Waals surface area contributed by atoms with Gasteiger partial charge in [0.05, 0.1) is 19.4 Å². The number of carbonyl (C=O) groups is 1. The molecule has 0 aliphatic heterocycles. The minimum absolute atomic E-state index is 0.333. The van der Waals surface area contributed by atoms with Crippen LogP contribution in [0.2, 0.25) is 5.02 Å². The first kappa shape index (κ1) is 22.4. The zero-order valence-electron chi connectivity index (χ0n) is 17.6. The molecule has 3 aromatic carbocycles. The third-order valence-corrected chi connectivity index (χ3v) is 4.74. The fraction of sp³-hybridized carbons (Fsp3) is 0.200. The molecule has 0 heterocycles. The predicted molar refractivity (Wildman–Crippen MR) is 124 cm³/mol. The molecule has 1 amide bonds. The van der Waals surface area contributed by atoms with Crippen molar-refractivity contribution in [2.45, 2.75) is 20.3 Å². The summed E-state index contributed by atoms with van der Waals surface area (Å²) in [7, 11) is 0. The fourth-order valence-corrected chi connectivity index (χ4v) is 3.15. The maximum atomic E-state index is 12.1. The Bertz CT molecular complexity index is 1070. The van der Waals surface area contributed by atoms with Gasteiger partial charge in [-0.25, -0.2) is 5.43 Å². The first-order chi connectivity index (χ1) is 15.0. The molecule has 5 nitrogen and oxygen atoms in total. The molecule has 0 radical (unpaired) electrons. The molecule has 0 saturated carbocycles. The Morgan fingerprint density at radius 2 is 1.74 bits per heavy atom. The molecule has 0 unspecified atom stereocenters. The van der Waals surface area contributed by atoms with Crippen molar-refractivity contribution in [3.05, 3.63) is 94.0 Å². The highest BCUT2D eigenvalue weighted by Gasteiger charge is 2.05. The van der Waals surface area contributed by atoms with Gasteiger partial charge in [-0.1, -0.05) is 47.5 Å². The molecule has 3 aromatic rings. The molecule has 160 valence electrons. The normalized spacial score (nSPS) is 10.8. The van der Waals surface area contributed by atoms with Crippen LogP contribution in [0.15, 0.2) is 71.8 Å². The molecule has 0 aliphatic carbocycles. The number of hydrogen-bond donors (Lipinski definition) is 1. The van der Waals surface area contributed by atoms with Crippen molar-refractivity contribution in [3.63, 3.8) is 0 Å². The molecule has 3 rings (SSSR count). The standard InChI is InChI=1S/C25H25ClN2O3/c1-18-11-12-23(19(2)15-18)30-13-6-14-31-24-10-4-3-7-21(24)17-27-28-25(29)20-8-5-9-22(26)16-20/h3-5,7-12,15-17H,6,13-14H2,1-2H3,(H,28,29)/b27-17-. The minimum atomic E-state index is -0.333. The van der Waals surface area contributed by atoms with E-state index in [1.54, 1.807) is 30.5 Å². The second kappa shape index (κ2) is 11.2. The molecular formula is C25H25ClN2O3. The van der Waals surface area contributed by atoms with Crippen LogP contribution < -0.4 is 14.9 Å². The SMILES string of the molecule is Cc1ccc(OCCCOc2ccccc2/C=N\NC(=O)c2cccc(Cl)c2)c(C)c1. The number of carbonyl (C=O) groups excluding carboxylic acids is 1. The Labute approximate surface area is 187 Å². The second-order valence-corrected chi connectivity index (χ2v) is 7.50. The summed E-state index contributed by atoms with van der Waals surface area (Å²) >= 11 is 5.92. The number of hydrogen-bond acceptors (Lipinski definition) is 4. The van der Waals surface area contributed by atoms with E-state index in [9.17, 15) is 4.79 Å². The van der Waals surface area contributed by atoms with Crippen LogP contribution in [0.25, 0.3) is 0 Å². The van der Waals surface area contributed by atoms with Crippen molar-refractivity contribution in [1.82, 2.24) is 5.43 Å². The molecule has 31 heavy (non-hydrogen) atoms. The largest absolute Gasteiger partial charge is 0.493 e. The van der Waals surface area contributed by atoms with Crippen LogP contribution >= 0.6 is 11.6 Å². The van der Waals surface area contributed by atoms with E-state index in [4.69, 9.17) is 21.1 Å². The Morgan fingerprint density at radius 1 is 0.968 bits per heavy atom. The average molecular weight is 437 g/mol. The number of para-hydroxylation sites is 1. The topological polar surface area (TPSA) is 59.9 Å². The number of halogens is 1. The van der Waals surface area contributed by atoms with Crippen molar-refractivity contribution >= 4 is 23.7 Å². The quantitative estimate of drug-likeness (QED) is 0.271. The number of aryl methyl sites for hydroxylation is 2. The lowest BCUT2D eigenvalue weighted by Crippen LogP contribution is -2.17. The summed E-state index contributed by atoms with van der Waals surface area (Å²) in [6.45, 7) is 5.17. The lowest BCUT2D eigenvalue weighted by atomic mass is 10.1. The number of benzene rings is 3. The molecule has 0 fully saturated rings. The molecule has 1 N–H and O–H groups in total.